The standard InChI is InChI=1S/C70H54N2/c1-69(2)64-25-12-10-23-60(64)62-42-40-57(45-66(62)69)71(58-41-43-63-61-24-11-13-26-65(61)70(3,4)67(63)46-58)54-34-28-48(29-35-54)49-30-36-55(37-31-49)72(68-27-15-19-51-18-8-9-22-59(51)68)56-38-32-50(33-39-56)53-21-14-20-52(44-53)47-16-6-5-7-17-47/h5-46H,1-4H3. The van der Waals surface area contributed by atoms with Gasteiger partial charge in [-0.2, -0.15) is 0 Å². The molecule has 0 saturated heterocycles. The molecule has 0 aliphatic heterocycles. The highest BCUT2D eigenvalue weighted by atomic mass is 15.1. The molecule has 2 aliphatic rings. The molecule has 0 aromatic heterocycles. The van der Waals surface area contributed by atoms with Crippen molar-refractivity contribution in [2.24, 2.45) is 0 Å². The highest BCUT2D eigenvalue weighted by Gasteiger charge is 2.37. The average molecular weight is 923 g/mol. The van der Waals surface area contributed by atoms with Crippen molar-refractivity contribution in [3.05, 3.63) is 277 Å². The van der Waals surface area contributed by atoms with Crippen LogP contribution in [0.4, 0.5) is 34.1 Å². The maximum Gasteiger partial charge on any atom is 0.0540 e. The van der Waals surface area contributed by atoms with Gasteiger partial charge in [0, 0.05) is 44.7 Å². The van der Waals surface area contributed by atoms with Crippen molar-refractivity contribution in [1.29, 1.82) is 0 Å². The van der Waals surface area contributed by atoms with Crippen LogP contribution in [0.15, 0.2) is 255 Å². The number of rotatable bonds is 9. The predicted octanol–water partition coefficient (Wildman–Crippen LogP) is 19.4. The molecule has 2 heteroatoms. The van der Waals surface area contributed by atoms with Crippen molar-refractivity contribution in [2.45, 2.75) is 38.5 Å². The van der Waals surface area contributed by atoms with E-state index in [1.165, 1.54) is 83.1 Å². The van der Waals surface area contributed by atoms with Gasteiger partial charge in [0.15, 0.2) is 0 Å². The van der Waals surface area contributed by atoms with Crippen LogP contribution in [0, 0.1) is 0 Å². The Labute approximate surface area is 423 Å². The van der Waals surface area contributed by atoms with Gasteiger partial charge in [-0.05, 0) is 156 Å². The fraction of sp³-hybridized carbons (Fsp3) is 0.0857. The van der Waals surface area contributed by atoms with E-state index in [2.05, 4.69) is 292 Å². The number of hydrogen-bond donors (Lipinski definition) is 0. The quantitative estimate of drug-likeness (QED) is 0.142. The number of nitrogens with zero attached hydrogens (tertiary/aromatic N) is 2. The first-order valence-corrected chi connectivity index (χ1v) is 25.2. The Bertz CT molecular complexity index is 3730. The van der Waals surface area contributed by atoms with Crippen LogP contribution in [0.25, 0.3) is 66.4 Å². The van der Waals surface area contributed by atoms with Crippen LogP contribution in [0.5, 0.6) is 0 Å². The van der Waals surface area contributed by atoms with Gasteiger partial charge in [0.05, 0.1) is 5.69 Å². The van der Waals surface area contributed by atoms with Crippen molar-refractivity contribution < 1.29 is 0 Å². The summed E-state index contributed by atoms with van der Waals surface area (Å²) in [6, 6.07) is 94.0. The molecule has 11 aromatic carbocycles. The fourth-order valence-electron chi connectivity index (χ4n) is 11.9. The molecule has 0 N–H and O–H groups in total. The van der Waals surface area contributed by atoms with Crippen molar-refractivity contribution in [1.82, 2.24) is 0 Å². The molecule has 2 nitrogen and oxygen atoms in total. The normalized spacial score (nSPS) is 13.5. The lowest BCUT2D eigenvalue weighted by molar-refractivity contribution is 0.660. The first-order valence-electron chi connectivity index (χ1n) is 25.2. The number of fused-ring (bicyclic) bond motifs is 7. The third-order valence-corrected chi connectivity index (χ3v) is 15.7. The molecule has 0 radical (unpaired) electrons. The summed E-state index contributed by atoms with van der Waals surface area (Å²) in [6.07, 6.45) is 0. The van der Waals surface area contributed by atoms with Gasteiger partial charge in [-0.1, -0.05) is 210 Å². The number of benzene rings is 11. The second kappa shape index (κ2) is 17.0. The van der Waals surface area contributed by atoms with E-state index in [9.17, 15) is 0 Å². The average Bonchev–Trinajstić information content (AvgIpc) is 3.80. The van der Waals surface area contributed by atoms with Gasteiger partial charge in [0.25, 0.3) is 0 Å². The van der Waals surface area contributed by atoms with Crippen molar-refractivity contribution in [2.75, 3.05) is 9.80 Å². The lowest BCUT2D eigenvalue weighted by atomic mass is 9.82. The molecular formula is C70H54N2. The van der Waals surface area contributed by atoms with E-state index in [1.54, 1.807) is 0 Å². The highest BCUT2D eigenvalue weighted by Crippen LogP contribution is 2.53. The van der Waals surface area contributed by atoms with Gasteiger partial charge in [-0.3, -0.25) is 0 Å². The van der Waals surface area contributed by atoms with Crippen molar-refractivity contribution >= 4 is 44.9 Å². The molecule has 0 amide bonds. The number of hydrogen-bond acceptors (Lipinski definition) is 2. The van der Waals surface area contributed by atoms with Crippen LogP contribution in [-0.4, -0.2) is 0 Å². The Hall–Kier alpha value is -8.72. The zero-order valence-corrected chi connectivity index (χ0v) is 41.1. The Kier molecular flexibility index (Phi) is 10.2. The molecule has 0 unspecified atom stereocenters. The second-order valence-corrected chi connectivity index (χ2v) is 20.6. The molecule has 0 saturated carbocycles. The lowest BCUT2D eigenvalue weighted by Crippen LogP contribution is -2.18. The van der Waals surface area contributed by atoms with E-state index < -0.39 is 0 Å². The molecule has 0 heterocycles. The maximum atomic E-state index is 2.46. The summed E-state index contributed by atoms with van der Waals surface area (Å²) in [7, 11) is 0. The molecule has 72 heavy (non-hydrogen) atoms. The molecule has 2 aliphatic carbocycles. The van der Waals surface area contributed by atoms with Crippen LogP contribution < -0.4 is 9.80 Å². The summed E-state index contributed by atoms with van der Waals surface area (Å²) < 4.78 is 0. The van der Waals surface area contributed by atoms with Gasteiger partial charge in [-0.25, -0.2) is 0 Å². The molecule has 0 bridgehead atoms. The van der Waals surface area contributed by atoms with E-state index in [4.69, 9.17) is 0 Å². The maximum absolute atomic E-state index is 2.46. The summed E-state index contributed by atoms with van der Waals surface area (Å²) >= 11 is 0. The fourth-order valence-corrected chi connectivity index (χ4v) is 11.9. The van der Waals surface area contributed by atoms with Gasteiger partial charge in [0.2, 0.25) is 0 Å². The largest absolute Gasteiger partial charge is 0.310 e. The predicted molar refractivity (Wildman–Crippen MR) is 305 cm³/mol. The minimum atomic E-state index is -0.118. The third kappa shape index (κ3) is 7.17. The minimum absolute atomic E-state index is 0.118. The topological polar surface area (TPSA) is 6.48 Å². The summed E-state index contributed by atoms with van der Waals surface area (Å²) in [5, 5.41) is 2.42. The van der Waals surface area contributed by atoms with Gasteiger partial charge >= 0.3 is 0 Å². The Morgan fingerprint density at radius 1 is 0.250 bits per heavy atom. The van der Waals surface area contributed by atoms with E-state index in [1.807, 2.05) is 0 Å². The van der Waals surface area contributed by atoms with Crippen molar-refractivity contribution in [3.63, 3.8) is 0 Å². The van der Waals surface area contributed by atoms with E-state index in [0.717, 1.165) is 39.7 Å². The molecule has 0 spiro atoms. The van der Waals surface area contributed by atoms with Gasteiger partial charge in [0.1, 0.15) is 0 Å². The number of anilines is 6. The molecule has 0 fully saturated rings. The zero-order chi connectivity index (χ0) is 48.6. The summed E-state index contributed by atoms with van der Waals surface area (Å²) in [5.41, 5.74) is 24.5. The molecule has 11 aromatic rings. The van der Waals surface area contributed by atoms with E-state index in [-0.39, 0.29) is 10.8 Å². The van der Waals surface area contributed by atoms with Crippen LogP contribution in [-0.2, 0) is 10.8 Å². The summed E-state index contributed by atoms with van der Waals surface area (Å²) in [4.78, 5) is 4.85. The van der Waals surface area contributed by atoms with Crippen LogP contribution >= 0.6 is 0 Å². The molecule has 0 atom stereocenters. The molecule has 13 rings (SSSR count). The molecule has 344 valence electrons. The first kappa shape index (κ1) is 43.3. The lowest BCUT2D eigenvalue weighted by Gasteiger charge is -2.30. The smallest absolute Gasteiger partial charge is 0.0540 e. The Morgan fingerprint density at radius 3 is 1.17 bits per heavy atom. The zero-order valence-electron chi connectivity index (χ0n) is 41.1. The Balaban J connectivity index is 0.860. The third-order valence-electron chi connectivity index (χ3n) is 15.7. The summed E-state index contributed by atoms with van der Waals surface area (Å²) in [6.45, 7) is 9.47. The monoisotopic (exact) mass is 922 g/mol. The Morgan fingerprint density at radius 2 is 0.625 bits per heavy atom. The van der Waals surface area contributed by atoms with Gasteiger partial charge < -0.3 is 9.80 Å². The van der Waals surface area contributed by atoms with E-state index in [0.29, 0.717) is 0 Å². The highest BCUT2D eigenvalue weighted by molar-refractivity contribution is 5.99. The second-order valence-electron chi connectivity index (χ2n) is 20.6. The minimum Gasteiger partial charge on any atom is -0.310 e. The first-order chi connectivity index (χ1) is 35.2. The van der Waals surface area contributed by atoms with Crippen LogP contribution in [0.1, 0.15) is 49.9 Å². The van der Waals surface area contributed by atoms with Crippen molar-refractivity contribution in [3.8, 4) is 55.6 Å². The summed E-state index contributed by atoms with van der Waals surface area (Å²) in [5.74, 6) is 0. The van der Waals surface area contributed by atoms with E-state index >= 15 is 0 Å². The van der Waals surface area contributed by atoms with Crippen LogP contribution in [0.2, 0.25) is 0 Å². The van der Waals surface area contributed by atoms with Crippen LogP contribution in [0.3, 0.4) is 0 Å². The van der Waals surface area contributed by atoms with Gasteiger partial charge in [-0.15, -0.1) is 0 Å². The SMILES string of the molecule is CC1(C)c2ccccc2-c2ccc(N(c3ccc(-c4ccc(N(c5ccc(-c6cccc(-c7ccccc7)c6)cc5)c5cccc6ccccc56)cc4)cc3)c3ccc4c(c3)C(C)(C)c3ccccc3-4)cc21. The molecular weight excluding hydrogens is 869 g/mol.